The Morgan fingerprint density at radius 1 is 1.16 bits per heavy atom. The van der Waals surface area contributed by atoms with E-state index >= 15 is 0 Å². The number of hydrogen-bond donors (Lipinski definition) is 2. The van der Waals surface area contributed by atoms with Crippen molar-refractivity contribution in [2.75, 3.05) is 18.4 Å². The summed E-state index contributed by atoms with van der Waals surface area (Å²) >= 11 is 0. The Bertz CT molecular complexity index is 1320. The number of amides is 2. The SMILES string of the molecule is CC(=O)N[C@H]1CCN(C(=O)c2ccc(Nc3nccc(-c4cnn(C(CC#N)C5CCCC5)c4)n3)cc2)C1. The van der Waals surface area contributed by atoms with Crippen LogP contribution in [0.3, 0.4) is 0 Å². The first-order chi connectivity index (χ1) is 18.5. The molecule has 0 radical (unpaired) electrons. The number of aromatic nitrogens is 4. The van der Waals surface area contributed by atoms with Crippen LogP contribution in [0.25, 0.3) is 11.3 Å². The molecule has 1 saturated carbocycles. The highest BCUT2D eigenvalue weighted by Gasteiger charge is 2.28. The maximum absolute atomic E-state index is 12.9. The first-order valence-corrected chi connectivity index (χ1v) is 13.2. The van der Waals surface area contributed by atoms with Crippen LogP contribution in [0.1, 0.15) is 61.8 Å². The molecule has 38 heavy (non-hydrogen) atoms. The number of carbonyl (C=O) groups excluding carboxylic acids is 2. The maximum Gasteiger partial charge on any atom is 0.253 e. The van der Waals surface area contributed by atoms with Crippen LogP contribution in [-0.2, 0) is 4.79 Å². The Kier molecular flexibility index (Phi) is 7.63. The molecule has 1 unspecified atom stereocenters. The molecule has 2 amide bonds. The third-order valence-corrected chi connectivity index (χ3v) is 7.41. The molecule has 0 bridgehead atoms. The van der Waals surface area contributed by atoms with E-state index in [-0.39, 0.29) is 23.9 Å². The van der Waals surface area contributed by atoms with Crippen molar-refractivity contribution in [1.82, 2.24) is 30.0 Å². The van der Waals surface area contributed by atoms with Crippen molar-refractivity contribution >= 4 is 23.5 Å². The summed E-state index contributed by atoms with van der Waals surface area (Å²) in [6.07, 6.45) is 11.4. The summed E-state index contributed by atoms with van der Waals surface area (Å²) in [6.45, 7) is 2.64. The van der Waals surface area contributed by atoms with Gasteiger partial charge in [0, 0.05) is 55.3 Å². The number of nitrogens with one attached hydrogen (secondary N) is 2. The van der Waals surface area contributed by atoms with E-state index in [1.54, 1.807) is 29.4 Å². The molecule has 2 fully saturated rings. The zero-order chi connectivity index (χ0) is 26.5. The molecule has 2 atom stereocenters. The van der Waals surface area contributed by atoms with E-state index in [1.165, 1.54) is 19.8 Å². The van der Waals surface area contributed by atoms with Gasteiger partial charge in [0.25, 0.3) is 5.91 Å². The number of nitriles is 1. The van der Waals surface area contributed by atoms with Gasteiger partial charge in [0.1, 0.15) is 0 Å². The molecule has 196 valence electrons. The summed E-state index contributed by atoms with van der Waals surface area (Å²) in [4.78, 5) is 34.9. The molecule has 1 aliphatic heterocycles. The number of rotatable bonds is 8. The van der Waals surface area contributed by atoms with Crippen molar-refractivity contribution in [1.29, 1.82) is 5.26 Å². The van der Waals surface area contributed by atoms with Crippen LogP contribution < -0.4 is 10.6 Å². The van der Waals surface area contributed by atoms with Crippen LogP contribution in [0.2, 0.25) is 0 Å². The van der Waals surface area contributed by atoms with Crippen LogP contribution in [0.4, 0.5) is 11.6 Å². The van der Waals surface area contributed by atoms with Crippen LogP contribution in [0.15, 0.2) is 48.9 Å². The van der Waals surface area contributed by atoms with E-state index in [0.717, 1.165) is 36.2 Å². The van der Waals surface area contributed by atoms with Gasteiger partial charge in [-0.15, -0.1) is 0 Å². The van der Waals surface area contributed by atoms with Gasteiger partial charge in [-0.2, -0.15) is 10.4 Å². The van der Waals surface area contributed by atoms with Crippen molar-refractivity contribution < 1.29 is 9.59 Å². The maximum atomic E-state index is 12.9. The Hall–Kier alpha value is -4.26. The molecular weight excluding hydrogens is 480 g/mol. The average molecular weight is 513 g/mol. The fourth-order valence-electron chi connectivity index (χ4n) is 5.50. The predicted molar refractivity (Wildman–Crippen MR) is 142 cm³/mol. The second-order valence-electron chi connectivity index (χ2n) is 10.1. The third-order valence-electron chi connectivity index (χ3n) is 7.41. The molecule has 1 saturated heterocycles. The van der Waals surface area contributed by atoms with Gasteiger partial charge in [0.15, 0.2) is 0 Å². The lowest BCUT2D eigenvalue weighted by atomic mass is 9.96. The molecule has 0 spiro atoms. The Balaban J connectivity index is 1.23. The first-order valence-electron chi connectivity index (χ1n) is 13.2. The summed E-state index contributed by atoms with van der Waals surface area (Å²) in [6, 6.07) is 11.5. The second-order valence-corrected chi connectivity index (χ2v) is 10.1. The van der Waals surface area contributed by atoms with Crippen molar-refractivity contribution in [2.45, 2.75) is 57.5 Å². The summed E-state index contributed by atoms with van der Waals surface area (Å²) in [7, 11) is 0. The molecule has 2 aliphatic rings. The molecule has 2 aromatic heterocycles. The second kappa shape index (κ2) is 11.4. The standard InChI is InChI=1S/C28H32N8O2/c1-19(37)32-24-12-15-35(18-24)27(38)21-6-8-23(9-7-21)33-28-30-14-11-25(34-28)22-16-31-36(17-22)26(10-13-29)20-4-2-3-5-20/h6-9,11,14,16-17,20,24,26H,2-5,10,12,15,18H2,1H3,(H,32,37)(H,30,33,34)/t24-,26?/m0/s1. The Morgan fingerprint density at radius 3 is 2.68 bits per heavy atom. The highest BCUT2D eigenvalue weighted by molar-refractivity contribution is 5.95. The van der Waals surface area contributed by atoms with Crippen molar-refractivity contribution in [3.8, 4) is 17.3 Å². The van der Waals surface area contributed by atoms with Crippen molar-refractivity contribution in [3.05, 3.63) is 54.5 Å². The quantitative estimate of drug-likeness (QED) is 0.465. The number of hydrogen-bond acceptors (Lipinski definition) is 7. The molecular formula is C28H32N8O2. The lowest BCUT2D eigenvalue weighted by Crippen LogP contribution is -2.37. The molecule has 1 aliphatic carbocycles. The molecule has 5 rings (SSSR count). The van der Waals surface area contributed by atoms with E-state index in [0.29, 0.717) is 36.9 Å². The monoisotopic (exact) mass is 512 g/mol. The third kappa shape index (κ3) is 5.83. The van der Waals surface area contributed by atoms with Crippen LogP contribution in [0.5, 0.6) is 0 Å². The smallest absolute Gasteiger partial charge is 0.253 e. The minimum atomic E-state index is -0.0767. The van der Waals surface area contributed by atoms with Gasteiger partial charge in [-0.1, -0.05) is 12.8 Å². The van der Waals surface area contributed by atoms with Gasteiger partial charge >= 0.3 is 0 Å². The zero-order valence-electron chi connectivity index (χ0n) is 21.5. The van der Waals surface area contributed by atoms with Crippen molar-refractivity contribution in [3.63, 3.8) is 0 Å². The number of carbonyl (C=O) groups is 2. The van der Waals surface area contributed by atoms with E-state index in [9.17, 15) is 14.9 Å². The van der Waals surface area contributed by atoms with Gasteiger partial charge in [-0.25, -0.2) is 9.97 Å². The predicted octanol–water partition coefficient (Wildman–Crippen LogP) is 4.08. The molecule has 3 aromatic rings. The highest BCUT2D eigenvalue weighted by atomic mass is 16.2. The van der Waals surface area contributed by atoms with Crippen LogP contribution in [0, 0.1) is 17.2 Å². The van der Waals surface area contributed by atoms with E-state index in [2.05, 4.69) is 31.8 Å². The Morgan fingerprint density at radius 2 is 1.95 bits per heavy atom. The van der Waals surface area contributed by atoms with Crippen LogP contribution >= 0.6 is 0 Å². The van der Waals surface area contributed by atoms with Gasteiger partial charge in [0.2, 0.25) is 11.9 Å². The zero-order valence-corrected chi connectivity index (χ0v) is 21.5. The normalized spacial score (nSPS) is 18.2. The lowest BCUT2D eigenvalue weighted by Gasteiger charge is -2.21. The number of nitrogens with zero attached hydrogens (tertiary/aromatic N) is 6. The lowest BCUT2D eigenvalue weighted by molar-refractivity contribution is -0.119. The van der Waals surface area contributed by atoms with Gasteiger partial charge in [0.05, 0.1) is 30.4 Å². The van der Waals surface area contributed by atoms with Gasteiger partial charge < -0.3 is 15.5 Å². The van der Waals surface area contributed by atoms with Gasteiger partial charge in [-0.05, 0) is 55.5 Å². The molecule has 1 aromatic carbocycles. The minimum Gasteiger partial charge on any atom is -0.352 e. The van der Waals surface area contributed by atoms with E-state index in [1.807, 2.05) is 29.1 Å². The summed E-state index contributed by atoms with van der Waals surface area (Å²) < 4.78 is 1.93. The van der Waals surface area contributed by atoms with E-state index < -0.39 is 0 Å². The average Bonchev–Trinajstić information content (AvgIpc) is 3.70. The first kappa shape index (κ1) is 25.4. The van der Waals surface area contributed by atoms with E-state index in [4.69, 9.17) is 0 Å². The summed E-state index contributed by atoms with van der Waals surface area (Å²) in [5.74, 6) is 0.805. The van der Waals surface area contributed by atoms with Gasteiger partial charge in [-0.3, -0.25) is 14.3 Å². The summed E-state index contributed by atoms with van der Waals surface area (Å²) in [5.41, 5.74) is 2.98. The molecule has 10 nitrogen and oxygen atoms in total. The van der Waals surface area contributed by atoms with Crippen molar-refractivity contribution in [2.24, 2.45) is 5.92 Å². The summed E-state index contributed by atoms with van der Waals surface area (Å²) in [5, 5.41) is 20.0. The number of likely N-dealkylation sites (tertiary alicyclic amines) is 1. The number of benzene rings is 1. The highest BCUT2D eigenvalue weighted by Crippen LogP contribution is 2.36. The molecule has 3 heterocycles. The topological polar surface area (TPSA) is 129 Å². The fourth-order valence-corrected chi connectivity index (χ4v) is 5.50. The fraction of sp³-hybridized carbons (Fsp3) is 0.429. The minimum absolute atomic E-state index is 0.00820. The molecule has 10 heteroatoms. The largest absolute Gasteiger partial charge is 0.352 e. The number of anilines is 2. The Labute approximate surface area is 222 Å². The van der Waals surface area contributed by atoms with Crippen LogP contribution in [-0.4, -0.2) is 55.6 Å². The molecule has 2 N–H and O–H groups in total.